The fourth-order valence-corrected chi connectivity index (χ4v) is 2.80. The summed E-state index contributed by atoms with van der Waals surface area (Å²) in [5.74, 6) is 2.00. The van der Waals surface area contributed by atoms with Crippen LogP contribution in [0.15, 0.2) is 0 Å². The lowest BCUT2D eigenvalue weighted by atomic mass is 9.74. The Morgan fingerprint density at radius 1 is 1.09 bits per heavy atom. The summed E-state index contributed by atoms with van der Waals surface area (Å²) in [6.07, 6.45) is 7.27. The summed E-state index contributed by atoms with van der Waals surface area (Å²) in [6, 6.07) is 0.882. The molecule has 1 heteroatoms. The van der Waals surface area contributed by atoms with Gasteiger partial charge < -0.3 is 5.32 Å². The number of hydrogen-bond donors (Lipinski definition) is 1. The zero-order chi connectivity index (χ0) is 7.68. The van der Waals surface area contributed by atoms with Crippen molar-refractivity contribution in [2.24, 2.45) is 11.8 Å². The Morgan fingerprint density at radius 2 is 1.91 bits per heavy atom. The highest BCUT2D eigenvalue weighted by Crippen LogP contribution is 2.34. The Hall–Kier alpha value is -0.0400. The Morgan fingerprint density at radius 3 is 2.73 bits per heavy atom. The predicted octanol–water partition coefficient (Wildman–Crippen LogP) is 2.17. The lowest BCUT2D eigenvalue weighted by Gasteiger charge is -2.40. The van der Waals surface area contributed by atoms with E-state index in [0.717, 1.165) is 17.9 Å². The van der Waals surface area contributed by atoms with Crippen molar-refractivity contribution >= 4 is 0 Å². The Labute approximate surface area is 69.6 Å². The molecule has 0 radical (unpaired) electrons. The topological polar surface area (TPSA) is 12.0 Å². The number of rotatable bonds is 0. The number of piperidine rings is 1. The van der Waals surface area contributed by atoms with Crippen molar-refractivity contribution in [2.75, 3.05) is 6.54 Å². The van der Waals surface area contributed by atoms with Crippen LogP contribution in [0.1, 0.15) is 39.0 Å². The number of nitrogens with one attached hydrogen (secondary N) is 1. The first-order valence-corrected chi connectivity index (χ1v) is 5.11. The molecule has 1 nitrogen and oxygen atoms in total. The van der Waals surface area contributed by atoms with Gasteiger partial charge in [0.1, 0.15) is 0 Å². The Balaban J connectivity index is 1.99. The molecular formula is C10H19N. The Kier molecular flexibility index (Phi) is 2.17. The second kappa shape index (κ2) is 3.14. The summed E-state index contributed by atoms with van der Waals surface area (Å²) < 4.78 is 0. The van der Waals surface area contributed by atoms with Gasteiger partial charge in [-0.15, -0.1) is 0 Å². The highest BCUT2D eigenvalue weighted by Gasteiger charge is 2.31. The first kappa shape index (κ1) is 7.60. The van der Waals surface area contributed by atoms with Crippen LogP contribution in [0.4, 0.5) is 0 Å². The summed E-state index contributed by atoms with van der Waals surface area (Å²) in [6.45, 7) is 3.70. The molecule has 1 saturated carbocycles. The van der Waals surface area contributed by atoms with Gasteiger partial charge >= 0.3 is 0 Å². The maximum atomic E-state index is 3.65. The molecule has 1 N–H and O–H groups in total. The van der Waals surface area contributed by atoms with Crippen LogP contribution in [0, 0.1) is 11.8 Å². The molecule has 11 heavy (non-hydrogen) atoms. The molecule has 3 unspecified atom stereocenters. The van der Waals surface area contributed by atoms with E-state index in [2.05, 4.69) is 12.2 Å². The minimum absolute atomic E-state index is 0.882. The average molecular weight is 153 g/mol. The van der Waals surface area contributed by atoms with E-state index in [0.29, 0.717) is 0 Å². The molecule has 1 aliphatic carbocycles. The molecule has 2 rings (SSSR count). The van der Waals surface area contributed by atoms with Crippen LogP contribution in [0.2, 0.25) is 0 Å². The van der Waals surface area contributed by atoms with Gasteiger partial charge in [0.05, 0.1) is 0 Å². The standard InChI is InChI=1S/C10H19N/c1-8-6-7-11-10-5-3-2-4-9(8)10/h8-11H,2-7H2,1H3. The van der Waals surface area contributed by atoms with Crippen molar-refractivity contribution in [3.05, 3.63) is 0 Å². The van der Waals surface area contributed by atoms with Gasteiger partial charge in [-0.25, -0.2) is 0 Å². The lowest BCUT2D eigenvalue weighted by molar-refractivity contribution is 0.151. The third kappa shape index (κ3) is 1.44. The summed E-state index contributed by atoms with van der Waals surface area (Å²) in [4.78, 5) is 0. The van der Waals surface area contributed by atoms with Gasteiger partial charge in [-0.1, -0.05) is 19.8 Å². The lowest BCUT2D eigenvalue weighted by Crippen LogP contribution is -2.46. The van der Waals surface area contributed by atoms with Gasteiger partial charge in [-0.05, 0) is 37.6 Å². The maximum absolute atomic E-state index is 3.65. The molecule has 0 aromatic carbocycles. The zero-order valence-corrected chi connectivity index (χ0v) is 7.47. The second-order valence-electron chi connectivity index (χ2n) is 4.27. The molecule has 0 spiro atoms. The van der Waals surface area contributed by atoms with Crippen LogP contribution in [-0.2, 0) is 0 Å². The quantitative estimate of drug-likeness (QED) is 0.562. The van der Waals surface area contributed by atoms with Crippen LogP contribution in [0.25, 0.3) is 0 Å². The molecule has 1 aliphatic heterocycles. The SMILES string of the molecule is CC1CCNC2CCCCC12. The van der Waals surface area contributed by atoms with Crippen LogP contribution in [0.5, 0.6) is 0 Å². The van der Waals surface area contributed by atoms with Gasteiger partial charge in [0.15, 0.2) is 0 Å². The monoisotopic (exact) mass is 153 g/mol. The van der Waals surface area contributed by atoms with Crippen molar-refractivity contribution in [1.82, 2.24) is 5.32 Å². The summed E-state index contributed by atoms with van der Waals surface area (Å²) >= 11 is 0. The third-order valence-electron chi connectivity index (χ3n) is 3.56. The van der Waals surface area contributed by atoms with E-state index in [4.69, 9.17) is 0 Å². The molecule has 64 valence electrons. The highest BCUT2D eigenvalue weighted by atomic mass is 14.9. The van der Waals surface area contributed by atoms with Crippen LogP contribution < -0.4 is 5.32 Å². The summed E-state index contributed by atoms with van der Waals surface area (Å²) in [5, 5.41) is 3.65. The minimum Gasteiger partial charge on any atom is -0.314 e. The molecule has 2 aliphatic rings. The van der Waals surface area contributed by atoms with Crippen molar-refractivity contribution in [3.8, 4) is 0 Å². The number of fused-ring (bicyclic) bond motifs is 1. The van der Waals surface area contributed by atoms with Crippen molar-refractivity contribution in [3.63, 3.8) is 0 Å². The molecule has 0 amide bonds. The first-order valence-electron chi connectivity index (χ1n) is 5.11. The highest BCUT2D eigenvalue weighted by molar-refractivity contribution is 4.87. The predicted molar refractivity (Wildman–Crippen MR) is 47.5 cm³/mol. The summed E-state index contributed by atoms with van der Waals surface area (Å²) in [7, 11) is 0. The molecule has 2 fully saturated rings. The van der Waals surface area contributed by atoms with Gasteiger partial charge in [0, 0.05) is 6.04 Å². The molecule has 1 heterocycles. The van der Waals surface area contributed by atoms with Crippen LogP contribution in [-0.4, -0.2) is 12.6 Å². The van der Waals surface area contributed by atoms with E-state index in [1.807, 2.05) is 0 Å². The van der Waals surface area contributed by atoms with Crippen LogP contribution in [0.3, 0.4) is 0 Å². The van der Waals surface area contributed by atoms with Crippen molar-refractivity contribution in [1.29, 1.82) is 0 Å². The molecular weight excluding hydrogens is 134 g/mol. The third-order valence-corrected chi connectivity index (χ3v) is 3.56. The molecule has 0 aromatic rings. The van der Waals surface area contributed by atoms with Gasteiger partial charge in [0.25, 0.3) is 0 Å². The van der Waals surface area contributed by atoms with Gasteiger partial charge in [0.2, 0.25) is 0 Å². The number of hydrogen-bond acceptors (Lipinski definition) is 1. The van der Waals surface area contributed by atoms with E-state index in [1.165, 1.54) is 38.6 Å². The van der Waals surface area contributed by atoms with Crippen molar-refractivity contribution < 1.29 is 0 Å². The van der Waals surface area contributed by atoms with E-state index in [1.54, 1.807) is 0 Å². The molecule has 0 bridgehead atoms. The average Bonchev–Trinajstić information content (AvgIpc) is 2.06. The first-order chi connectivity index (χ1) is 5.38. The summed E-state index contributed by atoms with van der Waals surface area (Å²) in [5.41, 5.74) is 0. The second-order valence-corrected chi connectivity index (χ2v) is 4.27. The fraction of sp³-hybridized carbons (Fsp3) is 1.00. The molecule has 0 aromatic heterocycles. The fourth-order valence-electron chi connectivity index (χ4n) is 2.80. The molecule has 1 saturated heterocycles. The molecule has 3 atom stereocenters. The normalized spacial score (nSPS) is 45.0. The maximum Gasteiger partial charge on any atom is 0.00978 e. The Bertz CT molecular complexity index is 131. The van der Waals surface area contributed by atoms with E-state index in [-0.39, 0.29) is 0 Å². The van der Waals surface area contributed by atoms with Gasteiger partial charge in [-0.2, -0.15) is 0 Å². The zero-order valence-electron chi connectivity index (χ0n) is 7.47. The smallest absolute Gasteiger partial charge is 0.00978 e. The van der Waals surface area contributed by atoms with Crippen LogP contribution >= 0.6 is 0 Å². The van der Waals surface area contributed by atoms with Gasteiger partial charge in [-0.3, -0.25) is 0 Å². The van der Waals surface area contributed by atoms with Crippen molar-refractivity contribution in [2.45, 2.75) is 45.1 Å². The van der Waals surface area contributed by atoms with E-state index >= 15 is 0 Å². The largest absolute Gasteiger partial charge is 0.314 e. The van der Waals surface area contributed by atoms with E-state index < -0.39 is 0 Å². The van der Waals surface area contributed by atoms with E-state index in [9.17, 15) is 0 Å². The minimum atomic E-state index is 0.882.